The lowest BCUT2D eigenvalue weighted by molar-refractivity contribution is 0.460. The molecule has 0 spiro atoms. The van der Waals surface area contributed by atoms with Gasteiger partial charge in [0.25, 0.3) is 0 Å². The minimum absolute atomic E-state index is 0.638. The highest BCUT2D eigenvalue weighted by molar-refractivity contribution is 9.10. The van der Waals surface area contributed by atoms with E-state index in [1.165, 1.54) is 18.4 Å². The highest BCUT2D eigenvalue weighted by atomic mass is 79.9. The van der Waals surface area contributed by atoms with Gasteiger partial charge in [-0.05, 0) is 43.0 Å². The Morgan fingerprint density at radius 1 is 1.43 bits per heavy atom. The summed E-state index contributed by atoms with van der Waals surface area (Å²) < 4.78 is 1.14. The van der Waals surface area contributed by atoms with E-state index in [1.54, 1.807) is 0 Å². The molecule has 0 radical (unpaired) electrons. The molecule has 0 aliphatic carbocycles. The molecule has 2 rings (SSSR count). The number of nitrogen functional groups attached to an aromatic ring is 1. The normalized spacial score (nSPS) is 22.2. The van der Waals surface area contributed by atoms with E-state index in [2.05, 4.69) is 27.3 Å². The molecule has 3 heteroatoms. The van der Waals surface area contributed by atoms with Gasteiger partial charge in [0.2, 0.25) is 0 Å². The Hall–Kier alpha value is -0.540. The molecule has 3 N–H and O–H groups in total. The van der Waals surface area contributed by atoms with Gasteiger partial charge < -0.3 is 11.1 Å². The second-order valence-corrected chi connectivity index (χ2v) is 4.68. The predicted octanol–water partition coefficient (Wildman–Crippen LogP) is 2.50. The van der Waals surface area contributed by atoms with Crippen molar-refractivity contribution in [2.45, 2.75) is 18.8 Å². The van der Waals surface area contributed by atoms with Crippen LogP contribution in [0.2, 0.25) is 0 Å². The fourth-order valence-electron chi connectivity index (χ4n) is 1.99. The van der Waals surface area contributed by atoms with E-state index >= 15 is 0 Å². The zero-order valence-corrected chi connectivity index (χ0v) is 9.68. The Balaban J connectivity index is 2.22. The molecule has 1 aromatic rings. The molecule has 1 aliphatic heterocycles. The van der Waals surface area contributed by atoms with Gasteiger partial charge in [-0.2, -0.15) is 0 Å². The third kappa shape index (κ3) is 2.10. The van der Waals surface area contributed by atoms with Crippen molar-refractivity contribution in [3.8, 4) is 0 Å². The minimum atomic E-state index is 0.638. The SMILES string of the molecule is Nc1ccc(C2CCCNC2)c(Br)c1. The second kappa shape index (κ2) is 4.32. The van der Waals surface area contributed by atoms with Crippen LogP contribution in [0.25, 0.3) is 0 Å². The van der Waals surface area contributed by atoms with Gasteiger partial charge in [-0.1, -0.05) is 22.0 Å². The number of anilines is 1. The number of rotatable bonds is 1. The molecule has 0 amide bonds. The Labute approximate surface area is 93.0 Å². The third-order valence-corrected chi connectivity index (χ3v) is 3.45. The Bertz CT molecular complexity index is 319. The largest absolute Gasteiger partial charge is 0.399 e. The zero-order valence-electron chi connectivity index (χ0n) is 8.09. The molecule has 0 bridgehead atoms. The molecule has 1 heterocycles. The summed E-state index contributed by atoms with van der Waals surface area (Å²) in [6.45, 7) is 2.24. The van der Waals surface area contributed by atoms with E-state index in [9.17, 15) is 0 Å². The van der Waals surface area contributed by atoms with Crippen molar-refractivity contribution in [2.75, 3.05) is 18.8 Å². The van der Waals surface area contributed by atoms with Crippen LogP contribution in [0, 0.1) is 0 Å². The number of piperidine rings is 1. The van der Waals surface area contributed by atoms with Gasteiger partial charge in [0, 0.05) is 16.7 Å². The summed E-state index contributed by atoms with van der Waals surface area (Å²) in [6.07, 6.45) is 2.54. The zero-order chi connectivity index (χ0) is 9.97. The quantitative estimate of drug-likeness (QED) is 0.756. The van der Waals surface area contributed by atoms with Gasteiger partial charge >= 0.3 is 0 Å². The van der Waals surface area contributed by atoms with Crippen LogP contribution in [0.5, 0.6) is 0 Å². The summed E-state index contributed by atoms with van der Waals surface area (Å²) in [4.78, 5) is 0. The van der Waals surface area contributed by atoms with Crippen LogP contribution in [-0.4, -0.2) is 13.1 Å². The number of halogens is 1. The van der Waals surface area contributed by atoms with E-state index in [4.69, 9.17) is 5.73 Å². The molecule has 1 fully saturated rings. The van der Waals surface area contributed by atoms with E-state index in [1.807, 2.05) is 12.1 Å². The summed E-state index contributed by atoms with van der Waals surface area (Å²) in [5.41, 5.74) is 7.92. The van der Waals surface area contributed by atoms with Crippen molar-refractivity contribution < 1.29 is 0 Å². The van der Waals surface area contributed by atoms with Gasteiger partial charge in [-0.3, -0.25) is 0 Å². The predicted molar refractivity (Wildman–Crippen MR) is 63.4 cm³/mol. The van der Waals surface area contributed by atoms with E-state index in [-0.39, 0.29) is 0 Å². The average molecular weight is 255 g/mol. The lowest BCUT2D eigenvalue weighted by Crippen LogP contribution is -2.28. The highest BCUT2D eigenvalue weighted by Crippen LogP contribution is 2.30. The molecule has 1 atom stereocenters. The van der Waals surface area contributed by atoms with E-state index in [0.717, 1.165) is 23.2 Å². The molecule has 1 saturated heterocycles. The first-order valence-electron chi connectivity index (χ1n) is 5.03. The van der Waals surface area contributed by atoms with Gasteiger partial charge in [0.05, 0.1) is 0 Å². The molecule has 76 valence electrons. The van der Waals surface area contributed by atoms with Crippen molar-refractivity contribution in [3.63, 3.8) is 0 Å². The fraction of sp³-hybridized carbons (Fsp3) is 0.455. The van der Waals surface area contributed by atoms with Crippen molar-refractivity contribution >= 4 is 21.6 Å². The number of nitrogens with two attached hydrogens (primary N) is 1. The molecular formula is C11H15BrN2. The van der Waals surface area contributed by atoms with Crippen molar-refractivity contribution in [2.24, 2.45) is 0 Å². The highest BCUT2D eigenvalue weighted by Gasteiger charge is 2.17. The smallest absolute Gasteiger partial charge is 0.0325 e. The Morgan fingerprint density at radius 2 is 2.29 bits per heavy atom. The van der Waals surface area contributed by atoms with E-state index < -0.39 is 0 Å². The molecule has 0 aromatic heterocycles. The van der Waals surface area contributed by atoms with Crippen molar-refractivity contribution in [1.29, 1.82) is 0 Å². The van der Waals surface area contributed by atoms with E-state index in [0.29, 0.717) is 5.92 Å². The van der Waals surface area contributed by atoms with Crippen molar-refractivity contribution in [3.05, 3.63) is 28.2 Å². The summed E-state index contributed by atoms with van der Waals surface area (Å²) in [7, 11) is 0. The number of hydrogen-bond donors (Lipinski definition) is 2. The maximum absolute atomic E-state index is 5.71. The first-order valence-corrected chi connectivity index (χ1v) is 5.82. The molecule has 2 nitrogen and oxygen atoms in total. The van der Waals surface area contributed by atoms with Gasteiger partial charge in [-0.15, -0.1) is 0 Å². The minimum Gasteiger partial charge on any atom is -0.399 e. The monoisotopic (exact) mass is 254 g/mol. The number of benzene rings is 1. The Morgan fingerprint density at radius 3 is 2.93 bits per heavy atom. The fourth-order valence-corrected chi connectivity index (χ4v) is 2.71. The first-order chi connectivity index (χ1) is 6.77. The van der Waals surface area contributed by atoms with Gasteiger partial charge in [-0.25, -0.2) is 0 Å². The lowest BCUT2D eigenvalue weighted by atomic mass is 9.92. The maximum Gasteiger partial charge on any atom is 0.0325 e. The second-order valence-electron chi connectivity index (χ2n) is 3.82. The van der Waals surface area contributed by atoms with Crippen LogP contribution in [0.15, 0.2) is 22.7 Å². The van der Waals surface area contributed by atoms with Crippen LogP contribution in [-0.2, 0) is 0 Å². The Kier molecular flexibility index (Phi) is 3.08. The molecule has 1 aromatic carbocycles. The molecule has 1 aliphatic rings. The van der Waals surface area contributed by atoms with Crippen LogP contribution in [0.3, 0.4) is 0 Å². The summed E-state index contributed by atoms with van der Waals surface area (Å²) in [6, 6.07) is 6.11. The average Bonchev–Trinajstić information content (AvgIpc) is 2.19. The van der Waals surface area contributed by atoms with Crippen molar-refractivity contribution in [1.82, 2.24) is 5.32 Å². The van der Waals surface area contributed by atoms with Crippen LogP contribution in [0.1, 0.15) is 24.3 Å². The van der Waals surface area contributed by atoms with Crippen LogP contribution >= 0.6 is 15.9 Å². The number of hydrogen-bond acceptors (Lipinski definition) is 2. The lowest BCUT2D eigenvalue weighted by Gasteiger charge is -2.24. The molecular weight excluding hydrogens is 240 g/mol. The summed E-state index contributed by atoms with van der Waals surface area (Å²) in [5, 5.41) is 3.42. The third-order valence-electron chi connectivity index (χ3n) is 2.76. The maximum atomic E-state index is 5.71. The summed E-state index contributed by atoms with van der Waals surface area (Å²) >= 11 is 3.57. The van der Waals surface area contributed by atoms with Crippen LogP contribution < -0.4 is 11.1 Å². The molecule has 1 unspecified atom stereocenters. The molecule has 14 heavy (non-hydrogen) atoms. The topological polar surface area (TPSA) is 38.0 Å². The van der Waals surface area contributed by atoms with Crippen LogP contribution in [0.4, 0.5) is 5.69 Å². The first kappa shape index (κ1) is 9.99. The van der Waals surface area contributed by atoms with Gasteiger partial charge in [0.1, 0.15) is 0 Å². The molecule has 0 saturated carbocycles. The summed E-state index contributed by atoms with van der Waals surface area (Å²) in [5.74, 6) is 0.638. The standard InChI is InChI=1S/C11H15BrN2/c12-11-6-9(13)3-4-10(11)8-2-1-5-14-7-8/h3-4,6,8,14H,1-2,5,7,13H2. The van der Waals surface area contributed by atoms with Gasteiger partial charge in [0.15, 0.2) is 0 Å². The number of nitrogens with one attached hydrogen (secondary N) is 1.